The van der Waals surface area contributed by atoms with E-state index < -0.39 is 0 Å². The van der Waals surface area contributed by atoms with Crippen LogP contribution in [0.15, 0.2) is 60.8 Å². The van der Waals surface area contributed by atoms with Crippen molar-refractivity contribution in [1.82, 2.24) is 9.55 Å². The maximum absolute atomic E-state index is 6.38. The molecule has 0 amide bonds. The Bertz CT molecular complexity index is 902. The van der Waals surface area contributed by atoms with Crippen molar-refractivity contribution in [1.29, 1.82) is 0 Å². The summed E-state index contributed by atoms with van der Waals surface area (Å²) in [5.41, 5.74) is 3.23. The summed E-state index contributed by atoms with van der Waals surface area (Å²) in [7, 11) is 0. The van der Waals surface area contributed by atoms with Gasteiger partial charge in [0.2, 0.25) is 0 Å². The van der Waals surface area contributed by atoms with Crippen LogP contribution in [0.25, 0.3) is 27.5 Å². The number of nitrogens with zero attached hydrogens (tertiary/aromatic N) is 2. The third kappa shape index (κ3) is 1.95. The lowest BCUT2D eigenvalue weighted by Gasteiger charge is -2.11. The Hall–Kier alpha value is -1.59. The Morgan fingerprint density at radius 1 is 0.857 bits per heavy atom. The van der Waals surface area contributed by atoms with Crippen LogP contribution < -0.4 is 0 Å². The molecule has 0 N–H and O–H groups in total. The number of pyridine rings is 1. The minimum Gasteiger partial charge on any atom is -0.305 e. The van der Waals surface area contributed by atoms with Crippen LogP contribution in [0.2, 0.25) is 5.15 Å². The zero-order valence-electron chi connectivity index (χ0n) is 10.9. The molecule has 0 radical (unpaired) electrons. The average molecular weight is 405 g/mol. The summed E-state index contributed by atoms with van der Waals surface area (Å²) in [6, 6.07) is 18.7. The van der Waals surface area contributed by atoms with Crippen LogP contribution >= 0.6 is 34.2 Å². The largest absolute Gasteiger partial charge is 0.305 e. The molecule has 0 bridgehead atoms. The van der Waals surface area contributed by atoms with Crippen molar-refractivity contribution in [2.45, 2.75) is 0 Å². The first-order chi connectivity index (χ1) is 10.3. The standard InChI is InChI=1S/C17H10ClIN2/c18-17-16(13(19)9-10-20-17)21-14-7-3-1-5-11(14)12-6-2-4-8-15(12)21/h1-10H. The monoisotopic (exact) mass is 404 g/mol. The molecular weight excluding hydrogens is 395 g/mol. The summed E-state index contributed by atoms with van der Waals surface area (Å²) < 4.78 is 3.28. The minimum absolute atomic E-state index is 0.522. The number of fused-ring (bicyclic) bond motifs is 3. The predicted molar refractivity (Wildman–Crippen MR) is 96.3 cm³/mol. The van der Waals surface area contributed by atoms with E-state index in [0.29, 0.717) is 5.15 Å². The molecule has 0 unspecified atom stereocenters. The lowest BCUT2D eigenvalue weighted by Crippen LogP contribution is -1.99. The topological polar surface area (TPSA) is 17.8 Å². The van der Waals surface area contributed by atoms with E-state index in [4.69, 9.17) is 11.6 Å². The van der Waals surface area contributed by atoms with Crippen molar-refractivity contribution >= 4 is 56.0 Å². The highest BCUT2D eigenvalue weighted by molar-refractivity contribution is 14.1. The van der Waals surface area contributed by atoms with Crippen molar-refractivity contribution in [3.8, 4) is 5.69 Å². The minimum atomic E-state index is 0.522. The van der Waals surface area contributed by atoms with Crippen LogP contribution in [0.3, 0.4) is 0 Å². The number of hydrogen-bond acceptors (Lipinski definition) is 1. The van der Waals surface area contributed by atoms with Crippen LogP contribution in [-0.2, 0) is 0 Å². The Labute approximate surface area is 140 Å². The molecule has 0 aliphatic carbocycles. The van der Waals surface area contributed by atoms with E-state index in [0.717, 1.165) is 20.3 Å². The molecular formula is C17H10ClIN2. The van der Waals surface area contributed by atoms with Crippen LogP contribution in [0.4, 0.5) is 0 Å². The van der Waals surface area contributed by atoms with E-state index in [1.54, 1.807) is 6.20 Å². The van der Waals surface area contributed by atoms with Crippen molar-refractivity contribution in [3.63, 3.8) is 0 Å². The lowest BCUT2D eigenvalue weighted by molar-refractivity contribution is 1.13. The van der Waals surface area contributed by atoms with Gasteiger partial charge in [0.15, 0.2) is 5.15 Å². The van der Waals surface area contributed by atoms with E-state index >= 15 is 0 Å². The van der Waals surface area contributed by atoms with Crippen LogP contribution in [0, 0.1) is 3.57 Å². The number of aromatic nitrogens is 2. The van der Waals surface area contributed by atoms with Gasteiger partial charge in [0, 0.05) is 20.5 Å². The fraction of sp³-hybridized carbons (Fsp3) is 0. The third-order valence-corrected chi connectivity index (χ3v) is 4.78. The molecule has 21 heavy (non-hydrogen) atoms. The highest BCUT2D eigenvalue weighted by Gasteiger charge is 2.16. The van der Waals surface area contributed by atoms with Gasteiger partial charge in [-0.25, -0.2) is 4.98 Å². The highest BCUT2D eigenvalue weighted by Crippen LogP contribution is 2.35. The molecule has 0 aliphatic rings. The first-order valence-corrected chi connectivity index (χ1v) is 8.01. The summed E-state index contributed by atoms with van der Waals surface area (Å²) >= 11 is 8.69. The molecule has 0 atom stereocenters. The predicted octanol–water partition coefficient (Wildman–Crippen LogP) is 5.44. The van der Waals surface area contributed by atoms with E-state index in [9.17, 15) is 0 Å². The summed E-state index contributed by atoms with van der Waals surface area (Å²) in [6.45, 7) is 0. The normalized spacial score (nSPS) is 11.3. The number of benzene rings is 2. The van der Waals surface area contributed by atoms with E-state index in [2.05, 4.69) is 80.7 Å². The first kappa shape index (κ1) is 13.1. The van der Waals surface area contributed by atoms with Gasteiger partial charge >= 0.3 is 0 Å². The first-order valence-electron chi connectivity index (χ1n) is 6.56. The fourth-order valence-corrected chi connectivity index (χ4v) is 3.83. The summed E-state index contributed by atoms with van der Waals surface area (Å²) in [6.07, 6.45) is 1.74. The van der Waals surface area contributed by atoms with Gasteiger partial charge in [0.05, 0.1) is 16.7 Å². The van der Waals surface area contributed by atoms with Gasteiger partial charge < -0.3 is 4.57 Å². The van der Waals surface area contributed by atoms with Crippen LogP contribution in [0.1, 0.15) is 0 Å². The van der Waals surface area contributed by atoms with E-state index in [1.807, 2.05) is 6.07 Å². The maximum Gasteiger partial charge on any atom is 0.154 e. The molecule has 2 heterocycles. The van der Waals surface area contributed by atoms with Gasteiger partial charge in [-0.05, 0) is 40.8 Å². The van der Waals surface area contributed by atoms with Crippen molar-refractivity contribution in [3.05, 3.63) is 69.5 Å². The Kier molecular flexibility index (Phi) is 3.12. The van der Waals surface area contributed by atoms with Crippen LogP contribution in [-0.4, -0.2) is 9.55 Å². The van der Waals surface area contributed by atoms with Crippen molar-refractivity contribution in [2.24, 2.45) is 0 Å². The van der Waals surface area contributed by atoms with Gasteiger partial charge in [-0.15, -0.1) is 0 Å². The second kappa shape index (κ2) is 5.00. The van der Waals surface area contributed by atoms with Gasteiger partial charge in [-0.1, -0.05) is 48.0 Å². The molecule has 2 aromatic heterocycles. The zero-order valence-corrected chi connectivity index (χ0v) is 13.8. The highest BCUT2D eigenvalue weighted by atomic mass is 127. The molecule has 0 spiro atoms. The van der Waals surface area contributed by atoms with Crippen molar-refractivity contribution in [2.75, 3.05) is 0 Å². The summed E-state index contributed by atoms with van der Waals surface area (Å²) in [5, 5.41) is 2.97. The second-order valence-electron chi connectivity index (χ2n) is 4.80. The summed E-state index contributed by atoms with van der Waals surface area (Å²) in [5.74, 6) is 0. The number of para-hydroxylation sites is 2. The van der Waals surface area contributed by atoms with Gasteiger partial charge in [-0.2, -0.15) is 0 Å². The Morgan fingerprint density at radius 2 is 1.43 bits per heavy atom. The molecule has 2 nitrogen and oxygen atoms in total. The molecule has 102 valence electrons. The smallest absolute Gasteiger partial charge is 0.154 e. The molecule has 0 saturated heterocycles. The number of hydrogen-bond donors (Lipinski definition) is 0. The molecule has 0 saturated carbocycles. The van der Waals surface area contributed by atoms with E-state index in [1.165, 1.54) is 10.8 Å². The summed E-state index contributed by atoms with van der Waals surface area (Å²) in [4.78, 5) is 4.25. The van der Waals surface area contributed by atoms with Gasteiger partial charge in [-0.3, -0.25) is 0 Å². The fourth-order valence-electron chi connectivity index (χ4n) is 2.77. The SMILES string of the molecule is Clc1nccc(I)c1-n1c2ccccc2c2ccccc21. The molecule has 0 aliphatic heterocycles. The van der Waals surface area contributed by atoms with E-state index in [-0.39, 0.29) is 0 Å². The third-order valence-electron chi connectivity index (χ3n) is 3.63. The maximum atomic E-state index is 6.38. The Morgan fingerprint density at radius 3 is 2.00 bits per heavy atom. The number of rotatable bonds is 1. The molecule has 4 rings (SSSR count). The molecule has 4 heteroatoms. The number of halogens is 2. The second-order valence-corrected chi connectivity index (χ2v) is 6.32. The lowest BCUT2D eigenvalue weighted by atomic mass is 10.2. The van der Waals surface area contributed by atoms with Gasteiger partial charge in [0.1, 0.15) is 0 Å². The van der Waals surface area contributed by atoms with Crippen LogP contribution in [0.5, 0.6) is 0 Å². The Balaban J connectivity index is 2.26. The molecule has 0 fully saturated rings. The average Bonchev–Trinajstić information content (AvgIpc) is 2.83. The van der Waals surface area contributed by atoms with Crippen molar-refractivity contribution < 1.29 is 0 Å². The molecule has 4 aromatic rings. The zero-order chi connectivity index (χ0) is 14.4. The quantitative estimate of drug-likeness (QED) is 0.305. The van der Waals surface area contributed by atoms with Gasteiger partial charge in [0.25, 0.3) is 0 Å². The molecule has 2 aromatic carbocycles.